The van der Waals surface area contributed by atoms with Gasteiger partial charge in [0.05, 0.1) is 0 Å². The zero-order valence-corrected chi connectivity index (χ0v) is 11.6. The van der Waals surface area contributed by atoms with E-state index in [0.717, 1.165) is 28.0 Å². The molecule has 0 N–H and O–H groups in total. The minimum absolute atomic E-state index is 0.0841. The summed E-state index contributed by atoms with van der Waals surface area (Å²) in [5, 5.41) is 0. The molecule has 0 radical (unpaired) electrons. The molecule has 2 heteroatoms. The largest absolute Gasteiger partial charge is 0.488 e. The van der Waals surface area contributed by atoms with E-state index in [9.17, 15) is 4.79 Å². The minimum Gasteiger partial charge on any atom is -0.488 e. The second-order valence-corrected chi connectivity index (χ2v) is 4.77. The van der Waals surface area contributed by atoms with Crippen molar-refractivity contribution in [2.24, 2.45) is 0 Å². The topological polar surface area (TPSA) is 26.3 Å². The van der Waals surface area contributed by atoms with E-state index in [4.69, 9.17) is 4.74 Å². The standard InChI is InChI=1S/C17H18O2/c1-12-9-16(14(3)18)10-13(2)17(12)19-11-15-7-5-4-6-8-15/h4-10H,11H2,1-3H3. The molecule has 0 aliphatic rings. The molecule has 98 valence electrons. The molecule has 0 bridgehead atoms. The summed E-state index contributed by atoms with van der Waals surface area (Å²) in [6, 6.07) is 13.8. The first-order valence-corrected chi connectivity index (χ1v) is 6.37. The molecule has 0 aliphatic heterocycles. The predicted molar refractivity (Wildman–Crippen MR) is 76.7 cm³/mol. The summed E-state index contributed by atoms with van der Waals surface area (Å²) >= 11 is 0. The lowest BCUT2D eigenvalue weighted by Crippen LogP contribution is -2.01. The van der Waals surface area contributed by atoms with Crippen LogP contribution in [-0.2, 0) is 6.61 Å². The van der Waals surface area contributed by atoms with Crippen molar-refractivity contribution in [1.82, 2.24) is 0 Å². The van der Waals surface area contributed by atoms with Crippen LogP contribution in [0.4, 0.5) is 0 Å². The Hall–Kier alpha value is -2.09. The molecule has 2 nitrogen and oxygen atoms in total. The summed E-state index contributed by atoms with van der Waals surface area (Å²) in [5.41, 5.74) is 3.88. The Morgan fingerprint density at radius 3 is 2.16 bits per heavy atom. The number of carbonyl (C=O) groups is 1. The van der Waals surface area contributed by atoms with Gasteiger partial charge in [0.25, 0.3) is 0 Å². The van der Waals surface area contributed by atoms with Crippen LogP contribution >= 0.6 is 0 Å². The molecule has 0 fully saturated rings. The van der Waals surface area contributed by atoms with Crippen LogP contribution in [-0.4, -0.2) is 5.78 Å². The first kappa shape index (κ1) is 13.3. The van der Waals surface area contributed by atoms with Gasteiger partial charge in [-0.15, -0.1) is 0 Å². The van der Waals surface area contributed by atoms with E-state index in [2.05, 4.69) is 0 Å². The first-order valence-electron chi connectivity index (χ1n) is 6.37. The van der Waals surface area contributed by atoms with Crippen molar-refractivity contribution in [2.75, 3.05) is 0 Å². The minimum atomic E-state index is 0.0841. The molecule has 0 spiro atoms. The van der Waals surface area contributed by atoms with Crippen molar-refractivity contribution in [1.29, 1.82) is 0 Å². The molecular formula is C17H18O2. The van der Waals surface area contributed by atoms with E-state index in [-0.39, 0.29) is 5.78 Å². The van der Waals surface area contributed by atoms with Crippen LogP contribution in [0.1, 0.15) is 34.0 Å². The highest BCUT2D eigenvalue weighted by Crippen LogP contribution is 2.26. The third-order valence-corrected chi connectivity index (χ3v) is 3.09. The van der Waals surface area contributed by atoms with Gasteiger partial charge in [0.15, 0.2) is 5.78 Å². The summed E-state index contributed by atoms with van der Waals surface area (Å²) in [5.74, 6) is 0.953. The molecule has 0 atom stereocenters. The molecule has 0 heterocycles. The quantitative estimate of drug-likeness (QED) is 0.768. The van der Waals surface area contributed by atoms with Crippen molar-refractivity contribution < 1.29 is 9.53 Å². The smallest absolute Gasteiger partial charge is 0.159 e. The maximum Gasteiger partial charge on any atom is 0.159 e. The number of carbonyl (C=O) groups excluding carboxylic acids is 1. The molecule has 0 unspecified atom stereocenters. The Bertz CT molecular complexity index is 562. The van der Waals surface area contributed by atoms with Gasteiger partial charge in [0.1, 0.15) is 12.4 Å². The third kappa shape index (κ3) is 3.22. The van der Waals surface area contributed by atoms with Crippen molar-refractivity contribution in [3.63, 3.8) is 0 Å². The molecule has 2 aromatic rings. The van der Waals surface area contributed by atoms with Crippen LogP contribution in [0.3, 0.4) is 0 Å². The van der Waals surface area contributed by atoms with Gasteiger partial charge in [0, 0.05) is 5.56 Å². The maximum atomic E-state index is 11.4. The van der Waals surface area contributed by atoms with Gasteiger partial charge < -0.3 is 4.74 Å². The van der Waals surface area contributed by atoms with Crippen molar-refractivity contribution >= 4 is 5.78 Å². The van der Waals surface area contributed by atoms with Gasteiger partial charge in [-0.05, 0) is 49.6 Å². The highest BCUT2D eigenvalue weighted by Gasteiger charge is 2.09. The van der Waals surface area contributed by atoms with Gasteiger partial charge in [0.2, 0.25) is 0 Å². The fraction of sp³-hybridized carbons (Fsp3) is 0.235. The average Bonchev–Trinajstić information content (AvgIpc) is 2.38. The Morgan fingerprint density at radius 1 is 1.05 bits per heavy atom. The van der Waals surface area contributed by atoms with Gasteiger partial charge in [-0.1, -0.05) is 30.3 Å². The van der Waals surface area contributed by atoms with Crippen LogP contribution in [0.15, 0.2) is 42.5 Å². The van der Waals surface area contributed by atoms with Crippen LogP contribution in [0, 0.1) is 13.8 Å². The molecular weight excluding hydrogens is 236 g/mol. The summed E-state index contributed by atoms with van der Waals surface area (Å²) in [6.45, 7) is 6.07. The summed E-state index contributed by atoms with van der Waals surface area (Å²) < 4.78 is 5.88. The van der Waals surface area contributed by atoms with Gasteiger partial charge in [-0.3, -0.25) is 4.79 Å². The number of rotatable bonds is 4. The van der Waals surface area contributed by atoms with Gasteiger partial charge >= 0.3 is 0 Å². The summed E-state index contributed by atoms with van der Waals surface area (Å²) in [7, 11) is 0. The second kappa shape index (κ2) is 5.70. The molecule has 0 aliphatic carbocycles. The van der Waals surface area contributed by atoms with E-state index in [0.29, 0.717) is 6.61 Å². The fourth-order valence-corrected chi connectivity index (χ4v) is 2.11. The van der Waals surface area contributed by atoms with E-state index in [1.165, 1.54) is 0 Å². The van der Waals surface area contributed by atoms with Gasteiger partial charge in [-0.25, -0.2) is 0 Å². The lowest BCUT2D eigenvalue weighted by Gasteiger charge is -2.13. The molecule has 0 aromatic heterocycles. The lowest BCUT2D eigenvalue weighted by molar-refractivity contribution is 0.101. The van der Waals surface area contributed by atoms with Crippen LogP contribution in [0.2, 0.25) is 0 Å². The lowest BCUT2D eigenvalue weighted by atomic mass is 10.0. The van der Waals surface area contributed by atoms with Gasteiger partial charge in [-0.2, -0.15) is 0 Å². The second-order valence-electron chi connectivity index (χ2n) is 4.77. The van der Waals surface area contributed by atoms with Crippen LogP contribution < -0.4 is 4.74 Å². The number of ketones is 1. The summed E-state index contributed by atoms with van der Waals surface area (Å²) in [4.78, 5) is 11.4. The molecule has 0 amide bonds. The number of ether oxygens (including phenoxy) is 1. The Morgan fingerprint density at radius 2 is 1.63 bits per heavy atom. The number of hydrogen-bond acceptors (Lipinski definition) is 2. The number of hydrogen-bond donors (Lipinski definition) is 0. The Labute approximate surface area is 114 Å². The monoisotopic (exact) mass is 254 g/mol. The van der Waals surface area contributed by atoms with Crippen LogP contribution in [0.5, 0.6) is 5.75 Å². The molecule has 0 saturated heterocycles. The van der Waals surface area contributed by atoms with Crippen molar-refractivity contribution in [3.05, 3.63) is 64.7 Å². The third-order valence-electron chi connectivity index (χ3n) is 3.09. The summed E-state index contributed by atoms with van der Waals surface area (Å²) in [6.07, 6.45) is 0. The average molecular weight is 254 g/mol. The fourth-order valence-electron chi connectivity index (χ4n) is 2.11. The zero-order chi connectivity index (χ0) is 13.8. The normalized spacial score (nSPS) is 10.3. The van der Waals surface area contributed by atoms with E-state index >= 15 is 0 Å². The predicted octanol–water partition coefficient (Wildman–Crippen LogP) is 4.09. The SMILES string of the molecule is CC(=O)c1cc(C)c(OCc2ccccc2)c(C)c1. The Balaban J connectivity index is 2.19. The van der Waals surface area contributed by atoms with E-state index in [1.807, 2.05) is 56.3 Å². The molecule has 2 aromatic carbocycles. The van der Waals surface area contributed by atoms with Crippen molar-refractivity contribution in [3.8, 4) is 5.75 Å². The first-order chi connectivity index (χ1) is 9.08. The Kier molecular flexibility index (Phi) is 4.00. The number of benzene rings is 2. The molecule has 19 heavy (non-hydrogen) atoms. The number of aryl methyl sites for hydroxylation is 2. The zero-order valence-electron chi connectivity index (χ0n) is 11.6. The van der Waals surface area contributed by atoms with E-state index < -0.39 is 0 Å². The highest BCUT2D eigenvalue weighted by atomic mass is 16.5. The van der Waals surface area contributed by atoms with Crippen LogP contribution in [0.25, 0.3) is 0 Å². The molecule has 0 saturated carbocycles. The maximum absolute atomic E-state index is 11.4. The van der Waals surface area contributed by atoms with E-state index in [1.54, 1.807) is 6.92 Å². The van der Waals surface area contributed by atoms with Crippen molar-refractivity contribution in [2.45, 2.75) is 27.4 Å². The molecule has 2 rings (SSSR count). The highest BCUT2D eigenvalue weighted by molar-refractivity contribution is 5.94. The number of Topliss-reactive ketones (excluding diaryl/α,β-unsaturated/α-hetero) is 1.